The first kappa shape index (κ1) is 14.6. The summed E-state index contributed by atoms with van der Waals surface area (Å²) in [4.78, 5) is 0. The Hall–Kier alpha value is 0.124. The van der Waals surface area contributed by atoms with Gasteiger partial charge in [-0.3, -0.25) is 0 Å². The number of aromatic hydroxyl groups is 1. The van der Waals surface area contributed by atoms with Crippen LogP contribution in [0.1, 0.15) is 19.8 Å². The molecule has 0 amide bonds. The molecule has 0 atom stereocenters. The van der Waals surface area contributed by atoms with E-state index in [-0.39, 0.29) is 32.7 Å². The predicted molar refractivity (Wildman–Crippen MR) is 48.4 cm³/mol. The van der Waals surface area contributed by atoms with Crippen molar-refractivity contribution in [2.45, 2.75) is 19.8 Å². The van der Waals surface area contributed by atoms with E-state index in [4.69, 9.17) is 5.11 Å². The second-order valence-electron chi connectivity index (χ2n) is 2.19. The van der Waals surface area contributed by atoms with Crippen LogP contribution in [0.4, 0.5) is 0 Å². The summed E-state index contributed by atoms with van der Waals surface area (Å²) in [6.07, 6.45) is 2.28. The topological polar surface area (TPSA) is 20.2 Å². The maximum Gasteiger partial charge on any atom is 0.115 e. The van der Waals surface area contributed by atoms with Gasteiger partial charge in [-0.15, -0.1) is 0 Å². The van der Waals surface area contributed by atoms with Gasteiger partial charge in [-0.05, 0) is 12.1 Å². The molecule has 0 aliphatic carbocycles. The molecule has 0 saturated heterocycles. The molecule has 1 aromatic carbocycles. The summed E-state index contributed by atoms with van der Waals surface area (Å²) < 4.78 is 0. The van der Waals surface area contributed by atoms with Crippen LogP contribution in [0.15, 0.2) is 30.3 Å². The summed E-state index contributed by atoms with van der Waals surface area (Å²) in [5, 5.41) is 8.63. The van der Waals surface area contributed by atoms with Crippen molar-refractivity contribution in [3.8, 4) is 5.75 Å². The van der Waals surface area contributed by atoms with Gasteiger partial charge in [0.1, 0.15) is 5.75 Å². The molecule has 0 spiro atoms. The summed E-state index contributed by atoms with van der Waals surface area (Å²) >= 11 is 0. The first-order valence-electron chi connectivity index (χ1n) is 3.84. The van der Waals surface area contributed by atoms with E-state index in [1.165, 1.54) is 6.42 Å². The zero-order valence-corrected chi connectivity index (χ0v) is 10.4. The Bertz CT molecular complexity index is 161. The van der Waals surface area contributed by atoms with Crippen molar-refractivity contribution in [1.82, 2.24) is 0 Å². The molecule has 0 unspecified atom stereocenters. The first-order chi connectivity index (χ1) is 5.31. The van der Waals surface area contributed by atoms with Crippen molar-refractivity contribution < 1.29 is 37.8 Å². The van der Waals surface area contributed by atoms with Crippen LogP contribution in [-0.4, -0.2) is 5.11 Å². The van der Waals surface area contributed by atoms with Crippen LogP contribution in [0.25, 0.3) is 0 Å². The third-order valence-corrected chi connectivity index (χ3v) is 1.11. The maximum absolute atomic E-state index is 8.63. The minimum absolute atomic E-state index is 0. The van der Waals surface area contributed by atoms with E-state index >= 15 is 0 Å². The maximum atomic E-state index is 8.63. The Morgan fingerprint density at radius 1 is 1.25 bits per heavy atom. The Balaban J connectivity index is 0. The standard InChI is InChI=1S/C6H6O.C4H9.Y/c7-6-4-2-1-3-5-6;1-3-4-2;/h1-5,7H;1,3-4H2,2H3;/q;-1;. The van der Waals surface area contributed by atoms with E-state index in [2.05, 4.69) is 13.8 Å². The summed E-state index contributed by atoms with van der Waals surface area (Å²) in [5.74, 6) is 0.322. The molecule has 0 aromatic heterocycles. The molecule has 0 aliphatic rings. The zero-order chi connectivity index (χ0) is 8.53. The molecule has 12 heavy (non-hydrogen) atoms. The molecule has 65 valence electrons. The van der Waals surface area contributed by atoms with E-state index in [0.717, 1.165) is 6.42 Å². The van der Waals surface area contributed by atoms with Gasteiger partial charge < -0.3 is 12.0 Å². The number of hydrogen-bond donors (Lipinski definition) is 1. The number of phenolic OH excluding ortho intramolecular Hbond substituents is 1. The summed E-state index contributed by atoms with van der Waals surface area (Å²) in [7, 11) is 0. The quantitative estimate of drug-likeness (QED) is 0.748. The molecule has 1 aromatic rings. The van der Waals surface area contributed by atoms with Gasteiger partial charge in [0.2, 0.25) is 0 Å². The van der Waals surface area contributed by atoms with Crippen molar-refractivity contribution in [3.05, 3.63) is 37.3 Å². The molecule has 0 saturated carbocycles. The van der Waals surface area contributed by atoms with Gasteiger partial charge in [0.05, 0.1) is 0 Å². The molecule has 2 heteroatoms. The average molecular weight is 240 g/mol. The fraction of sp³-hybridized carbons (Fsp3) is 0.300. The second kappa shape index (κ2) is 11.1. The van der Waals surface area contributed by atoms with Gasteiger partial charge in [-0.25, -0.2) is 0 Å². The molecule has 0 bridgehead atoms. The molecule has 1 radical (unpaired) electrons. The van der Waals surface area contributed by atoms with Gasteiger partial charge in [0.25, 0.3) is 0 Å². The van der Waals surface area contributed by atoms with Gasteiger partial charge >= 0.3 is 0 Å². The summed E-state index contributed by atoms with van der Waals surface area (Å²) in [5.41, 5.74) is 0. The van der Waals surface area contributed by atoms with Crippen LogP contribution in [-0.2, 0) is 32.7 Å². The smallest absolute Gasteiger partial charge is 0.115 e. The minimum atomic E-state index is 0. The van der Waals surface area contributed by atoms with E-state index in [0.29, 0.717) is 5.75 Å². The summed E-state index contributed by atoms with van der Waals surface area (Å²) in [6, 6.07) is 8.71. The van der Waals surface area contributed by atoms with Crippen LogP contribution in [0.3, 0.4) is 0 Å². The number of para-hydroxylation sites is 1. The molecule has 0 heterocycles. The average Bonchev–Trinajstić information content (AvgIpc) is 2.07. The number of unbranched alkanes of at least 4 members (excludes halogenated alkanes) is 1. The Labute approximate surface area is 100 Å². The van der Waals surface area contributed by atoms with Crippen LogP contribution in [0, 0.1) is 6.92 Å². The Kier molecular flexibility index (Phi) is 13.6. The van der Waals surface area contributed by atoms with Crippen molar-refractivity contribution >= 4 is 0 Å². The van der Waals surface area contributed by atoms with E-state index < -0.39 is 0 Å². The van der Waals surface area contributed by atoms with Crippen molar-refractivity contribution in [3.63, 3.8) is 0 Å². The zero-order valence-electron chi connectivity index (χ0n) is 7.53. The number of hydrogen-bond acceptors (Lipinski definition) is 1. The largest absolute Gasteiger partial charge is 0.508 e. The third-order valence-electron chi connectivity index (χ3n) is 1.11. The molecule has 1 N–H and O–H groups in total. The molecular formula is C10H15OY-. The number of phenols is 1. The van der Waals surface area contributed by atoms with Crippen molar-refractivity contribution in [2.75, 3.05) is 0 Å². The van der Waals surface area contributed by atoms with E-state index in [9.17, 15) is 0 Å². The molecule has 0 fully saturated rings. The van der Waals surface area contributed by atoms with Crippen LogP contribution in [0.5, 0.6) is 5.75 Å². The van der Waals surface area contributed by atoms with Gasteiger partial charge in [0, 0.05) is 32.7 Å². The molecular weight excluding hydrogens is 225 g/mol. The molecule has 0 aliphatic heterocycles. The van der Waals surface area contributed by atoms with Crippen molar-refractivity contribution in [1.29, 1.82) is 0 Å². The monoisotopic (exact) mass is 240 g/mol. The Morgan fingerprint density at radius 3 is 1.83 bits per heavy atom. The fourth-order valence-electron chi connectivity index (χ4n) is 0.428. The van der Waals surface area contributed by atoms with E-state index in [1.807, 2.05) is 6.07 Å². The van der Waals surface area contributed by atoms with Gasteiger partial charge in [0.15, 0.2) is 0 Å². The first-order valence-corrected chi connectivity index (χ1v) is 3.84. The van der Waals surface area contributed by atoms with Crippen LogP contribution < -0.4 is 0 Å². The fourth-order valence-corrected chi connectivity index (χ4v) is 0.428. The normalized spacial score (nSPS) is 7.50. The molecule has 1 rings (SSSR count). The minimum Gasteiger partial charge on any atom is -0.508 e. The third kappa shape index (κ3) is 10.1. The molecule has 1 nitrogen and oxygen atoms in total. The number of rotatable bonds is 1. The Morgan fingerprint density at radius 2 is 1.67 bits per heavy atom. The predicted octanol–water partition coefficient (Wildman–Crippen LogP) is 3.01. The summed E-state index contributed by atoms with van der Waals surface area (Å²) in [6.45, 7) is 5.72. The number of benzene rings is 1. The SMILES string of the molecule is Oc1ccccc1.[CH2-]CCC.[Y]. The van der Waals surface area contributed by atoms with Gasteiger partial charge in [-0.1, -0.05) is 31.5 Å². The van der Waals surface area contributed by atoms with Gasteiger partial charge in [-0.2, -0.15) is 6.42 Å². The van der Waals surface area contributed by atoms with E-state index in [1.54, 1.807) is 24.3 Å². The van der Waals surface area contributed by atoms with Crippen LogP contribution >= 0.6 is 0 Å². The van der Waals surface area contributed by atoms with Crippen molar-refractivity contribution in [2.24, 2.45) is 0 Å². The second-order valence-corrected chi connectivity index (χ2v) is 2.19. The van der Waals surface area contributed by atoms with Crippen LogP contribution in [0.2, 0.25) is 0 Å².